The van der Waals surface area contributed by atoms with E-state index in [1.807, 2.05) is 38.1 Å². The Hall–Kier alpha value is -2.83. The number of carbonyl (C=O) groups excluding carboxylic acids is 1. The predicted octanol–water partition coefficient (Wildman–Crippen LogP) is 3.97. The zero-order chi connectivity index (χ0) is 21.3. The van der Waals surface area contributed by atoms with Gasteiger partial charge in [-0.15, -0.1) is 0 Å². The fraction of sp³-hybridized carbons (Fsp3) is 0.500. The topological polar surface area (TPSA) is 91.5 Å². The lowest BCUT2D eigenvalue weighted by atomic mass is 9.94. The van der Waals surface area contributed by atoms with Crippen LogP contribution in [-0.2, 0) is 23.3 Å². The van der Waals surface area contributed by atoms with Crippen molar-refractivity contribution in [3.05, 3.63) is 47.7 Å². The fourth-order valence-corrected chi connectivity index (χ4v) is 2.61. The van der Waals surface area contributed by atoms with E-state index >= 15 is 0 Å². The van der Waals surface area contributed by atoms with Gasteiger partial charge in [0.1, 0.15) is 5.76 Å². The molecule has 0 aliphatic heterocycles. The van der Waals surface area contributed by atoms with Crippen molar-refractivity contribution >= 4 is 17.6 Å². The minimum atomic E-state index is -0.0681. The third kappa shape index (κ3) is 7.60. The van der Waals surface area contributed by atoms with Gasteiger partial charge in [0, 0.05) is 24.1 Å². The molecule has 3 N–H and O–H groups in total. The number of rotatable bonds is 8. The Kier molecular flexibility index (Phi) is 8.24. The largest absolute Gasteiger partial charge is 0.443 e. The zero-order valence-corrected chi connectivity index (χ0v) is 18.1. The first-order valence-electron chi connectivity index (χ1n) is 10.2. The molecule has 0 saturated carbocycles. The van der Waals surface area contributed by atoms with Gasteiger partial charge in [0.2, 0.25) is 11.8 Å². The number of benzene rings is 1. The Bertz CT molecular complexity index is 821. The second-order valence-electron chi connectivity index (χ2n) is 7.92. The van der Waals surface area contributed by atoms with Crippen LogP contribution in [0.2, 0.25) is 0 Å². The van der Waals surface area contributed by atoms with Gasteiger partial charge >= 0.3 is 0 Å². The third-order valence-corrected chi connectivity index (χ3v) is 4.15. The normalized spacial score (nSPS) is 12.0. The van der Waals surface area contributed by atoms with Crippen LogP contribution in [0.1, 0.15) is 64.7 Å². The molecule has 0 aliphatic carbocycles. The highest BCUT2D eigenvalue weighted by Gasteiger charge is 2.19. The van der Waals surface area contributed by atoms with Crippen LogP contribution < -0.4 is 16.0 Å². The minimum Gasteiger partial charge on any atom is -0.443 e. The molecule has 1 aromatic carbocycles. The summed E-state index contributed by atoms with van der Waals surface area (Å²) in [4.78, 5) is 20.7. The van der Waals surface area contributed by atoms with Gasteiger partial charge in [-0.2, -0.15) is 0 Å². The summed E-state index contributed by atoms with van der Waals surface area (Å²) in [6.07, 6.45) is 3.13. The van der Waals surface area contributed by atoms with Gasteiger partial charge in [0.05, 0.1) is 19.3 Å². The Labute approximate surface area is 173 Å². The molecule has 0 fully saturated rings. The van der Waals surface area contributed by atoms with Crippen LogP contribution in [0.25, 0.3) is 0 Å². The maximum Gasteiger partial charge on any atom is 0.224 e. The lowest BCUT2D eigenvalue weighted by molar-refractivity contribution is -0.116. The molecule has 0 spiro atoms. The SMILES string of the molecule is CCCC(=O)Nc1cccc(CN=C(NCC)NCc2ncc(C(C)(C)C)o2)c1. The van der Waals surface area contributed by atoms with E-state index in [9.17, 15) is 4.79 Å². The van der Waals surface area contributed by atoms with Gasteiger partial charge in [-0.05, 0) is 31.0 Å². The van der Waals surface area contributed by atoms with Crippen molar-refractivity contribution in [1.29, 1.82) is 0 Å². The molecule has 1 aromatic heterocycles. The molecular weight excluding hydrogens is 366 g/mol. The van der Waals surface area contributed by atoms with Crippen molar-refractivity contribution in [3.63, 3.8) is 0 Å². The number of nitrogens with zero attached hydrogens (tertiary/aromatic N) is 2. The molecular formula is C22H33N5O2. The molecule has 2 aromatic rings. The number of hydrogen-bond donors (Lipinski definition) is 3. The van der Waals surface area contributed by atoms with Crippen molar-refractivity contribution < 1.29 is 9.21 Å². The van der Waals surface area contributed by atoms with Crippen molar-refractivity contribution in [2.75, 3.05) is 11.9 Å². The van der Waals surface area contributed by atoms with E-state index in [-0.39, 0.29) is 11.3 Å². The summed E-state index contributed by atoms with van der Waals surface area (Å²) in [7, 11) is 0. The highest BCUT2D eigenvalue weighted by Crippen LogP contribution is 2.22. The van der Waals surface area contributed by atoms with Crippen LogP contribution in [0.3, 0.4) is 0 Å². The van der Waals surface area contributed by atoms with Crippen LogP contribution in [0.5, 0.6) is 0 Å². The molecule has 2 rings (SSSR count). The number of amides is 1. The number of hydrogen-bond acceptors (Lipinski definition) is 4. The first kappa shape index (κ1) is 22.5. The van der Waals surface area contributed by atoms with E-state index < -0.39 is 0 Å². The molecule has 0 saturated heterocycles. The number of guanidine groups is 1. The number of oxazole rings is 1. The summed E-state index contributed by atoms with van der Waals surface area (Å²) < 4.78 is 5.82. The lowest BCUT2D eigenvalue weighted by Crippen LogP contribution is -2.36. The summed E-state index contributed by atoms with van der Waals surface area (Å²) >= 11 is 0. The van der Waals surface area contributed by atoms with E-state index in [0.717, 1.165) is 30.0 Å². The monoisotopic (exact) mass is 399 g/mol. The molecule has 0 radical (unpaired) electrons. The predicted molar refractivity (Wildman–Crippen MR) is 117 cm³/mol. The van der Waals surface area contributed by atoms with Gasteiger partial charge in [0.15, 0.2) is 5.96 Å². The van der Waals surface area contributed by atoms with Crippen LogP contribution in [0.15, 0.2) is 39.9 Å². The summed E-state index contributed by atoms with van der Waals surface area (Å²) in [5.74, 6) is 2.20. The van der Waals surface area contributed by atoms with Crippen molar-refractivity contribution in [1.82, 2.24) is 15.6 Å². The van der Waals surface area contributed by atoms with Crippen LogP contribution >= 0.6 is 0 Å². The molecule has 0 atom stereocenters. The Morgan fingerprint density at radius 3 is 2.66 bits per heavy atom. The van der Waals surface area contributed by atoms with E-state index in [1.54, 1.807) is 6.20 Å². The van der Waals surface area contributed by atoms with E-state index in [2.05, 4.69) is 46.7 Å². The first-order chi connectivity index (χ1) is 13.8. The van der Waals surface area contributed by atoms with Crippen LogP contribution in [0.4, 0.5) is 5.69 Å². The molecule has 7 nitrogen and oxygen atoms in total. The molecule has 7 heteroatoms. The average molecular weight is 400 g/mol. The Morgan fingerprint density at radius 2 is 2.00 bits per heavy atom. The lowest BCUT2D eigenvalue weighted by Gasteiger charge is -2.13. The maximum atomic E-state index is 11.8. The van der Waals surface area contributed by atoms with Gasteiger partial charge in [-0.1, -0.05) is 39.8 Å². The highest BCUT2D eigenvalue weighted by molar-refractivity contribution is 5.90. The molecule has 0 unspecified atom stereocenters. The second kappa shape index (κ2) is 10.6. The second-order valence-corrected chi connectivity index (χ2v) is 7.92. The van der Waals surface area contributed by atoms with E-state index in [1.165, 1.54) is 0 Å². The third-order valence-electron chi connectivity index (χ3n) is 4.15. The number of carbonyl (C=O) groups is 1. The summed E-state index contributed by atoms with van der Waals surface area (Å²) in [6, 6.07) is 7.75. The van der Waals surface area contributed by atoms with Crippen molar-refractivity contribution in [2.24, 2.45) is 4.99 Å². The van der Waals surface area contributed by atoms with Crippen molar-refractivity contribution in [2.45, 2.75) is 66.0 Å². The Balaban J connectivity index is 1.98. The standard InChI is InChI=1S/C22H33N5O2/c1-6-9-19(28)27-17-11-8-10-16(12-17)13-25-21(23-7-2)26-15-20-24-14-18(29-20)22(3,4)5/h8,10-12,14H,6-7,9,13,15H2,1-5H3,(H,27,28)(H2,23,25,26). The Morgan fingerprint density at radius 1 is 1.21 bits per heavy atom. The number of anilines is 1. The molecule has 29 heavy (non-hydrogen) atoms. The van der Waals surface area contributed by atoms with Gasteiger partial charge in [-0.25, -0.2) is 9.98 Å². The summed E-state index contributed by atoms with van der Waals surface area (Å²) in [6.45, 7) is 12.0. The quantitative estimate of drug-likeness (QED) is 0.461. The van der Waals surface area contributed by atoms with Gasteiger partial charge < -0.3 is 20.4 Å². The maximum absolute atomic E-state index is 11.8. The van der Waals surface area contributed by atoms with Crippen LogP contribution in [-0.4, -0.2) is 23.4 Å². The van der Waals surface area contributed by atoms with Crippen LogP contribution in [0, 0.1) is 0 Å². The number of nitrogens with one attached hydrogen (secondary N) is 3. The molecule has 1 heterocycles. The summed E-state index contributed by atoms with van der Waals surface area (Å²) in [5.41, 5.74) is 1.74. The van der Waals surface area contributed by atoms with E-state index in [0.29, 0.717) is 31.4 Å². The molecule has 158 valence electrons. The number of aliphatic imine (C=N–C) groups is 1. The molecule has 0 bridgehead atoms. The highest BCUT2D eigenvalue weighted by atomic mass is 16.4. The first-order valence-corrected chi connectivity index (χ1v) is 10.2. The van der Waals surface area contributed by atoms with Gasteiger partial charge in [0.25, 0.3) is 0 Å². The van der Waals surface area contributed by atoms with E-state index in [4.69, 9.17) is 4.42 Å². The zero-order valence-electron chi connectivity index (χ0n) is 18.1. The van der Waals surface area contributed by atoms with Gasteiger partial charge in [-0.3, -0.25) is 4.79 Å². The summed E-state index contributed by atoms with van der Waals surface area (Å²) in [5, 5.41) is 9.39. The van der Waals surface area contributed by atoms with Crippen molar-refractivity contribution in [3.8, 4) is 0 Å². The fourth-order valence-electron chi connectivity index (χ4n) is 2.61. The average Bonchev–Trinajstić information content (AvgIpc) is 3.14. The molecule has 0 aliphatic rings. The minimum absolute atomic E-state index is 0.0312. The number of aromatic nitrogens is 1. The smallest absolute Gasteiger partial charge is 0.224 e. The molecule has 1 amide bonds.